The number of ketones is 1. The molecule has 0 fully saturated rings. The second kappa shape index (κ2) is 6.11. The van der Waals surface area contributed by atoms with Crippen LogP contribution in [0.3, 0.4) is 0 Å². The van der Waals surface area contributed by atoms with Crippen LogP contribution in [0, 0.1) is 5.41 Å². The second-order valence-electron chi connectivity index (χ2n) is 9.23. The number of anilines is 1. The first kappa shape index (κ1) is 17.6. The summed E-state index contributed by atoms with van der Waals surface area (Å²) in [7, 11) is 0. The van der Waals surface area contributed by atoms with Crippen LogP contribution in [0.25, 0.3) is 16.3 Å². The summed E-state index contributed by atoms with van der Waals surface area (Å²) in [6.45, 7) is 4.63. The quantitative estimate of drug-likeness (QED) is 0.557. The molecule has 1 unspecified atom stereocenters. The molecule has 0 bridgehead atoms. The van der Waals surface area contributed by atoms with Crippen molar-refractivity contribution in [3.63, 3.8) is 0 Å². The fourth-order valence-corrected chi connectivity index (χ4v) is 5.18. The number of carbonyl (C=O) groups excluding carboxylic acids is 1. The summed E-state index contributed by atoms with van der Waals surface area (Å²) in [6.07, 6.45) is 1.45. The predicted molar refractivity (Wildman–Crippen MR) is 118 cm³/mol. The van der Waals surface area contributed by atoms with Crippen molar-refractivity contribution in [3.8, 4) is 11.5 Å². The lowest BCUT2D eigenvalue weighted by molar-refractivity contribution is -0.118. The first-order chi connectivity index (χ1) is 14.5. The second-order valence-corrected chi connectivity index (χ2v) is 9.23. The summed E-state index contributed by atoms with van der Waals surface area (Å²) < 4.78 is 11.1. The van der Waals surface area contributed by atoms with Crippen LogP contribution in [0.4, 0.5) is 5.69 Å². The molecule has 3 aromatic carbocycles. The Labute approximate surface area is 175 Å². The van der Waals surface area contributed by atoms with Crippen molar-refractivity contribution < 1.29 is 14.3 Å². The zero-order valence-electron chi connectivity index (χ0n) is 17.1. The predicted octanol–water partition coefficient (Wildman–Crippen LogP) is 5.88. The molecule has 3 aliphatic rings. The van der Waals surface area contributed by atoms with Gasteiger partial charge in [-0.2, -0.15) is 0 Å². The Morgan fingerprint density at radius 1 is 0.967 bits per heavy atom. The summed E-state index contributed by atoms with van der Waals surface area (Å²) in [6, 6.07) is 18.5. The minimum atomic E-state index is -0.188. The standard InChI is InChI=1S/C26H23NO3/c1-26(2)12-18-23-17-6-4-3-5-15(17)7-9-19(23)27-25(24(18)20(28)13-26)16-8-10-21-22(11-16)30-14-29-21/h3-11,25,27H,12-14H2,1-2H3. The molecule has 2 aliphatic heterocycles. The fourth-order valence-electron chi connectivity index (χ4n) is 5.18. The molecular weight excluding hydrogens is 374 g/mol. The number of allylic oxidation sites excluding steroid dienone is 1. The topological polar surface area (TPSA) is 47.6 Å². The van der Waals surface area contributed by atoms with E-state index in [0.29, 0.717) is 6.42 Å². The molecule has 0 aromatic heterocycles. The van der Waals surface area contributed by atoms with E-state index in [-0.39, 0.29) is 24.0 Å². The minimum absolute atomic E-state index is 0.0547. The molecule has 30 heavy (non-hydrogen) atoms. The van der Waals surface area contributed by atoms with Gasteiger partial charge < -0.3 is 14.8 Å². The molecule has 0 saturated heterocycles. The number of carbonyl (C=O) groups is 1. The smallest absolute Gasteiger partial charge is 0.231 e. The molecule has 2 heterocycles. The lowest BCUT2D eigenvalue weighted by atomic mass is 9.68. The third-order valence-electron chi connectivity index (χ3n) is 6.47. The number of fused-ring (bicyclic) bond motifs is 5. The van der Waals surface area contributed by atoms with Gasteiger partial charge in [0.1, 0.15) is 0 Å². The van der Waals surface area contributed by atoms with Gasteiger partial charge in [0.15, 0.2) is 17.3 Å². The Bertz CT molecular complexity index is 1250. The summed E-state index contributed by atoms with van der Waals surface area (Å²) in [5, 5.41) is 6.07. The van der Waals surface area contributed by atoms with Crippen LogP contribution in [0.15, 0.2) is 60.2 Å². The number of hydrogen-bond donors (Lipinski definition) is 1. The van der Waals surface area contributed by atoms with Crippen molar-refractivity contribution in [2.24, 2.45) is 5.41 Å². The zero-order chi connectivity index (χ0) is 20.5. The first-order valence-electron chi connectivity index (χ1n) is 10.4. The van der Waals surface area contributed by atoms with Gasteiger partial charge in [0.25, 0.3) is 0 Å². The van der Waals surface area contributed by atoms with Gasteiger partial charge in [-0.1, -0.05) is 50.2 Å². The fraction of sp³-hybridized carbons (Fsp3) is 0.269. The molecule has 3 aromatic rings. The van der Waals surface area contributed by atoms with Crippen LogP contribution in [0.5, 0.6) is 11.5 Å². The monoisotopic (exact) mass is 397 g/mol. The number of ether oxygens (including phenoxy) is 2. The van der Waals surface area contributed by atoms with Crippen LogP contribution in [-0.4, -0.2) is 12.6 Å². The van der Waals surface area contributed by atoms with Crippen LogP contribution in [0.2, 0.25) is 0 Å². The van der Waals surface area contributed by atoms with Crippen molar-refractivity contribution in [2.75, 3.05) is 12.1 Å². The Morgan fingerprint density at radius 3 is 2.70 bits per heavy atom. The van der Waals surface area contributed by atoms with Crippen molar-refractivity contribution in [3.05, 3.63) is 71.3 Å². The Hall–Kier alpha value is -3.27. The average Bonchev–Trinajstić information content (AvgIpc) is 3.19. The Morgan fingerprint density at radius 2 is 1.80 bits per heavy atom. The van der Waals surface area contributed by atoms with Gasteiger partial charge in [0.2, 0.25) is 6.79 Å². The number of Topliss-reactive ketones (excluding diaryl/α,β-unsaturated/α-hetero) is 1. The highest BCUT2D eigenvalue weighted by Gasteiger charge is 2.41. The maximum absolute atomic E-state index is 13.5. The van der Waals surface area contributed by atoms with E-state index >= 15 is 0 Å². The summed E-state index contributed by atoms with van der Waals surface area (Å²) in [4.78, 5) is 13.5. The number of hydrogen-bond acceptors (Lipinski definition) is 4. The van der Waals surface area contributed by atoms with Crippen LogP contribution < -0.4 is 14.8 Å². The highest BCUT2D eigenvalue weighted by molar-refractivity contribution is 6.12. The van der Waals surface area contributed by atoms with E-state index in [2.05, 4.69) is 55.6 Å². The molecule has 0 radical (unpaired) electrons. The molecule has 0 saturated carbocycles. The number of nitrogens with one attached hydrogen (secondary N) is 1. The molecule has 4 heteroatoms. The normalized spacial score (nSPS) is 21.3. The van der Waals surface area contributed by atoms with Gasteiger partial charge in [-0.15, -0.1) is 0 Å². The largest absolute Gasteiger partial charge is 0.454 e. The van der Waals surface area contributed by atoms with Gasteiger partial charge in [0.05, 0.1) is 6.04 Å². The van der Waals surface area contributed by atoms with Crippen LogP contribution in [0.1, 0.15) is 43.9 Å². The molecule has 4 nitrogen and oxygen atoms in total. The van der Waals surface area contributed by atoms with Gasteiger partial charge in [-0.3, -0.25) is 4.79 Å². The lowest BCUT2D eigenvalue weighted by Crippen LogP contribution is -2.33. The summed E-state index contributed by atoms with van der Waals surface area (Å²) in [5.74, 6) is 1.73. The van der Waals surface area contributed by atoms with Gasteiger partial charge in [-0.25, -0.2) is 0 Å². The van der Waals surface area contributed by atoms with Crippen molar-refractivity contribution in [2.45, 2.75) is 32.7 Å². The lowest BCUT2D eigenvalue weighted by Gasteiger charge is -2.40. The van der Waals surface area contributed by atoms with Crippen molar-refractivity contribution in [1.82, 2.24) is 0 Å². The Kier molecular flexibility index (Phi) is 3.58. The van der Waals surface area contributed by atoms with Gasteiger partial charge in [-0.05, 0) is 51.9 Å². The van der Waals surface area contributed by atoms with E-state index < -0.39 is 0 Å². The third kappa shape index (κ3) is 2.56. The average molecular weight is 397 g/mol. The highest BCUT2D eigenvalue weighted by atomic mass is 16.7. The van der Waals surface area contributed by atoms with E-state index in [1.54, 1.807) is 0 Å². The molecule has 1 N–H and O–H groups in total. The molecule has 0 amide bonds. The molecular formula is C26H23NO3. The molecule has 1 atom stereocenters. The molecule has 0 spiro atoms. The van der Waals surface area contributed by atoms with E-state index in [0.717, 1.165) is 34.7 Å². The molecule has 1 aliphatic carbocycles. The maximum atomic E-state index is 13.5. The minimum Gasteiger partial charge on any atom is -0.454 e. The van der Waals surface area contributed by atoms with Gasteiger partial charge >= 0.3 is 0 Å². The van der Waals surface area contributed by atoms with E-state index in [1.165, 1.54) is 21.9 Å². The van der Waals surface area contributed by atoms with Crippen LogP contribution >= 0.6 is 0 Å². The van der Waals surface area contributed by atoms with Crippen LogP contribution in [-0.2, 0) is 4.79 Å². The van der Waals surface area contributed by atoms with Crippen molar-refractivity contribution in [1.29, 1.82) is 0 Å². The first-order valence-corrected chi connectivity index (χ1v) is 10.4. The third-order valence-corrected chi connectivity index (χ3v) is 6.47. The Balaban J connectivity index is 1.60. The molecule has 150 valence electrons. The summed E-state index contributed by atoms with van der Waals surface area (Å²) >= 11 is 0. The van der Waals surface area contributed by atoms with Gasteiger partial charge in [0, 0.05) is 23.2 Å². The summed E-state index contributed by atoms with van der Waals surface area (Å²) in [5.41, 5.74) is 5.32. The van der Waals surface area contributed by atoms with E-state index in [1.807, 2.05) is 18.2 Å². The van der Waals surface area contributed by atoms with Crippen molar-refractivity contribution >= 4 is 27.8 Å². The number of benzene rings is 3. The van der Waals surface area contributed by atoms with E-state index in [9.17, 15) is 4.79 Å². The maximum Gasteiger partial charge on any atom is 0.231 e. The highest BCUT2D eigenvalue weighted by Crippen LogP contribution is 2.52. The van der Waals surface area contributed by atoms with E-state index in [4.69, 9.17) is 9.47 Å². The SMILES string of the molecule is CC1(C)CC(=O)C2=C(C1)c1c(ccc3ccccc13)NC2c1ccc2c(c1)OCO2. The zero-order valence-corrected chi connectivity index (χ0v) is 17.1. The number of rotatable bonds is 1. The molecule has 6 rings (SSSR count).